The van der Waals surface area contributed by atoms with Gasteiger partial charge in [0.1, 0.15) is 5.82 Å². The zero-order valence-electron chi connectivity index (χ0n) is 8.70. The van der Waals surface area contributed by atoms with Gasteiger partial charge in [-0.2, -0.15) is 0 Å². The first-order valence-corrected chi connectivity index (χ1v) is 5.00. The molecule has 0 unspecified atom stereocenters. The summed E-state index contributed by atoms with van der Waals surface area (Å²) in [6.45, 7) is 2.23. The normalized spacial score (nSPS) is 15.3. The van der Waals surface area contributed by atoms with Crippen LogP contribution in [0.3, 0.4) is 0 Å². The maximum absolute atomic E-state index is 13.3. The van der Waals surface area contributed by atoms with E-state index in [1.807, 2.05) is 18.0 Å². The summed E-state index contributed by atoms with van der Waals surface area (Å²) in [6.07, 6.45) is 0. The van der Waals surface area contributed by atoms with Crippen molar-refractivity contribution in [3.63, 3.8) is 0 Å². The molecule has 0 spiro atoms. The minimum Gasteiger partial charge on any atom is -0.352 e. The van der Waals surface area contributed by atoms with E-state index in [0.29, 0.717) is 12.1 Å². The molecular formula is C11H14FN3. The number of hydrogen-bond donors (Lipinski definition) is 1. The average molecular weight is 207 g/mol. The van der Waals surface area contributed by atoms with Gasteiger partial charge in [0.05, 0.1) is 6.54 Å². The zero-order chi connectivity index (χ0) is 10.7. The first-order chi connectivity index (χ1) is 7.27. The van der Waals surface area contributed by atoms with Gasteiger partial charge in [-0.3, -0.25) is 4.99 Å². The van der Waals surface area contributed by atoms with Crippen molar-refractivity contribution in [1.29, 1.82) is 0 Å². The Morgan fingerprint density at radius 2 is 2.27 bits per heavy atom. The Kier molecular flexibility index (Phi) is 2.85. The van der Waals surface area contributed by atoms with Crippen molar-refractivity contribution < 1.29 is 4.39 Å². The number of likely N-dealkylation sites (N-methyl/N-ethyl adjacent to an activating group) is 1. The van der Waals surface area contributed by atoms with Crippen molar-refractivity contribution in [1.82, 2.24) is 10.2 Å². The molecule has 1 heterocycles. The van der Waals surface area contributed by atoms with Crippen LogP contribution in [0.4, 0.5) is 4.39 Å². The fraction of sp³-hybridized carbons (Fsp3) is 0.364. The van der Waals surface area contributed by atoms with Crippen LogP contribution in [0.1, 0.15) is 5.56 Å². The Morgan fingerprint density at radius 1 is 1.47 bits per heavy atom. The van der Waals surface area contributed by atoms with Gasteiger partial charge in [-0.25, -0.2) is 4.39 Å². The zero-order valence-corrected chi connectivity index (χ0v) is 8.70. The lowest BCUT2D eigenvalue weighted by Crippen LogP contribution is -2.35. The summed E-state index contributed by atoms with van der Waals surface area (Å²) in [5, 5.41) is 3.12. The van der Waals surface area contributed by atoms with Crippen molar-refractivity contribution in [2.45, 2.75) is 6.54 Å². The van der Waals surface area contributed by atoms with Crippen LogP contribution in [0.15, 0.2) is 29.3 Å². The van der Waals surface area contributed by atoms with Gasteiger partial charge in [0, 0.05) is 25.7 Å². The molecule has 1 aliphatic heterocycles. The van der Waals surface area contributed by atoms with Gasteiger partial charge < -0.3 is 10.2 Å². The number of rotatable bonds is 2. The predicted octanol–water partition coefficient (Wildman–Crippen LogP) is 1.22. The van der Waals surface area contributed by atoms with E-state index in [4.69, 9.17) is 0 Å². The van der Waals surface area contributed by atoms with Crippen LogP contribution in [0.2, 0.25) is 0 Å². The van der Waals surface area contributed by atoms with E-state index in [1.54, 1.807) is 12.1 Å². The maximum atomic E-state index is 13.3. The van der Waals surface area contributed by atoms with Gasteiger partial charge in [-0.05, 0) is 6.07 Å². The molecule has 1 aliphatic rings. The highest BCUT2D eigenvalue weighted by atomic mass is 19.1. The Labute approximate surface area is 88.6 Å². The van der Waals surface area contributed by atoms with E-state index in [2.05, 4.69) is 10.3 Å². The topological polar surface area (TPSA) is 27.6 Å². The molecule has 4 heteroatoms. The Balaban J connectivity index is 1.96. The molecule has 1 aromatic rings. The number of benzene rings is 1. The molecule has 2 rings (SSSR count). The lowest BCUT2D eigenvalue weighted by Gasteiger charge is -2.15. The maximum Gasteiger partial charge on any atom is 0.194 e. The lowest BCUT2D eigenvalue weighted by molar-refractivity contribution is 0.530. The molecule has 80 valence electrons. The standard InChI is InChI=1S/C11H14FN3/c1-15-7-6-13-11(15)14-8-9-4-2-3-5-10(9)12/h2-5H,6-8H2,1H3,(H,13,14). The van der Waals surface area contributed by atoms with Crippen molar-refractivity contribution >= 4 is 5.96 Å². The van der Waals surface area contributed by atoms with Crippen molar-refractivity contribution in [2.75, 3.05) is 20.1 Å². The van der Waals surface area contributed by atoms with Crippen LogP contribution >= 0.6 is 0 Å². The van der Waals surface area contributed by atoms with E-state index < -0.39 is 0 Å². The Hall–Kier alpha value is -1.58. The second-order valence-corrected chi connectivity index (χ2v) is 3.57. The lowest BCUT2D eigenvalue weighted by atomic mass is 10.2. The second kappa shape index (κ2) is 4.29. The monoisotopic (exact) mass is 207 g/mol. The number of nitrogens with zero attached hydrogens (tertiary/aromatic N) is 2. The molecular weight excluding hydrogens is 193 g/mol. The largest absolute Gasteiger partial charge is 0.352 e. The molecule has 1 aromatic carbocycles. The Morgan fingerprint density at radius 3 is 2.93 bits per heavy atom. The van der Waals surface area contributed by atoms with Gasteiger partial charge in [0.2, 0.25) is 0 Å². The van der Waals surface area contributed by atoms with Crippen LogP contribution < -0.4 is 5.32 Å². The molecule has 0 aliphatic carbocycles. The van der Waals surface area contributed by atoms with Gasteiger partial charge >= 0.3 is 0 Å². The third-order valence-electron chi connectivity index (χ3n) is 2.45. The predicted molar refractivity (Wildman–Crippen MR) is 58.2 cm³/mol. The number of nitrogens with one attached hydrogen (secondary N) is 1. The van der Waals surface area contributed by atoms with Crippen LogP contribution in [0.25, 0.3) is 0 Å². The van der Waals surface area contributed by atoms with E-state index in [-0.39, 0.29) is 5.82 Å². The molecule has 0 fully saturated rings. The third kappa shape index (κ3) is 2.26. The van der Waals surface area contributed by atoms with E-state index >= 15 is 0 Å². The Bertz CT molecular complexity index is 376. The summed E-state index contributed by atoms with van der Waals surface area (Å²) in [4.78, 5) is 6.30. The van der Waals surface area contributed by atoms with Crippen LogP contribution in [-0.2, 0) is 6.54 Å². The number of aliphatic imine (C=N–C) groups is 1. The second-order valence-electron chi connectivity index (χ2n) is 3.57. The molecule has 0 radical (unpaired) electrons. The number of halogens is 1. The number of hydrogen-bond acceptors (Lipinski definition) is 3. The van der Waals surface area contributed by atoms with Crippen molar-refractivity contribution in [2.24, 2.45) is 4.99 Å². The highest BCUT2D eigenvalue weighted by Crippen LogP contribution is 2.06. The smallest absolute Gasteiger partial charge is 0.194 e. The van der Waals surface area contributed by atoms with Crippen molar-refractivity contribution in [3.05, 3.63) is 35.6 Å². The van der Waals surface area contributed by atoms with Crippen LogP contribution in [-0.4, -0.2) is 31.0 Å². The summed E-state index contributed by atoms with van der Waals surface area (Å²) < 4.78 is 13.3. The van der Waals surface area contributed by atoms with E-state index in [9.17, 15) is 4.39 Å². The highest BCUT2D eigenvalue weighted by Gasteiger charge is 2.11. The van der Waals surface area contributed by atoms with Gasteiger partial charge in [-0.1, -0.05) is 18.2 Å². The first-order valence-electron chi connectivity index (χ1n) is 5.00. The summed E-state index contributed by atoms with van der Waals surface area (Å²) in [7, 11) is 1.97. The van der Waals surface area contributed by atoms with E-state index in [0.717, 1.165) is 19.0 Å². The molecule has 15 heavy (non-hydrogen) atoms. The van der Waals surface area contributed by atoms with E-state index in [1.165, 1.54) is 6.07 Å². The summed E-state index contributed by atoms with van der Waals surface area (Å²) in [5.41, 5.74) is 0.667. The first kappa shape index (κ1) is 9.96. The number of guanidine groups is 1. The third-order valence-corrected chi connectivity index (χ3v) is 2.45. The van der Waals surface area contributed by atoms with Crippen LogP contribution in [0.5, 0.6) is 0 Å². The molecule has 3 nitrogen and oxygen atoms in total. The van der Waals surface area contributed by atoms with Crippen molar-refractivity contribution in [3.8, 4) is 0 Å². The minimum absolute atomic E-state index is 0.175. The summed E-state index contributed by atoms with van der Waals surface area (Å²) in [5.74, 6) is 0.671. The molecule has 0 saturated heterocycles. The molecule has 0 saturated carbocycles. The van der Waals surface area contributed by atoms with Gasteiger partial charge in [-0.15, -0.1) is 0 Å². The highest BCUT2D eigenvalue weighted by molar-refractivity contribution is 5.81. The quantitative estimate of drug-likeness (QED) is 0.789. The van der Waals surface area contributed by atoms with Gasteiger partial charge in [0.25, 0.3) is 0 Å². The minimum atomic E-state index is -0.175. The molecule has 1 N–H and O–H groups in total. The van der Waals surface area contributed by atoms with Gasteiger partial charge in [0.15, 0.2) is 5.96 Å². The molecule has 0 atom stereocenters. The molecule has 0 amide bonds. The fourth-order valence-corrected chi connectivity index (χ4v) is 1.54. The molecule has 0 bridgehead atoms. The average Bonchev–Trinajstić information content (AvgIpc) is 2.63. The fourth-order valence-electron chi connectivity index (χ4n) is 1.54. The SMILES string of the molecule is CN1CCN=C1NCc1ccccc1F. The summed E-state index contributed by atoms with van der Waals surface area (Å²) >= 11 is 0. The molecule has 0 aromatic heterocycles. The summed E-state index contributed by atoms with van der Waals surface area (Å²) in [6, 6.07) is 6.77. The van der Waals surface area contributed by atoms with Crippen LogP contribution in [0, 0.1) is 5.82 Å².